The normalized spacial score (nSPS) is 11.1. The lowest BCUT2D eigenvalue weighted by Gasteiger charge is -2.16. The number of carbonyl (C=O) groups excluding carboxylic acids is 1. The fraction of sp³-hybridized carbons (Fsp3) is 0.364. The second-order valence-corrected chi connectivity index (χ2v) is 8.30. The van der Waals surface area contributed by atoms with Crippen LogP contribution in [-0.2, 0) is 11.3 Å². The van der Waals surface area contributed by atoms with E-state index in [-0.39, 0.29) is 5.91 Å². The first-order valence-corrected chi connectivity index (χ1v) is 10.9. The van der Waals surface area contributed by atoms with Gasteiger partial charge in [0.2, 0.25) is 11.7 Å². The van der Waals surface area contributed by atoms with E-state index in [4.69, 9.17) is 0 Å². The highest BCUT2D eigenvalue weighted by atomic mass is 79.9. The lowest BCUT2D eigenvalue weighted by atomic mass is 10.2. The molecule has 2 aromatic carbocycles. The number of rotatable bonds is 10. The quantitative estimate of drug-likeness (QED) is 0.450. The fourth-order valence-electron chi connectivity index (χ4n) is 3.13. The van der Waals surface area contributed by atoms with E-state index in [9.17, 15) is 4.79 Å². The van der Waals surface area contributed by atoms with Crippen LogP contribution in [0.4, 0.5) is 5.69 Å². The molecule has 0 saturated heterocycles. The first-order valence-electron chi connectivity index (χ1n) is 10.1. The monoisotopic (exact) mass is 470 g/mol. The zero-order valence-electron chi connectivity index (χ0n) is 17.4. The van der Waals surface area contributed by atoms with Crippen molar-refractivity contribution in [2.24, 2.45) is 0 Å². The number of nitrogens with one attached hydrogen (secondary N) is 1. The van der Waals surface area contributed by atoms with Crippen molar-refractivity contribution in [1.82, 2.24) is 25.1 Å². The summed E-state index contributed by atoms with van der Waals surface area (Å²) in [6, 6.07) is 15.7. The minimum atomic E-state index is 0.00294. The minimum Gasteiger partial charge on any atom is -0.325 e. The maximum absolute atomic E-state index is 12.3. The number of aryl methyl sites for hydroxylation is 2. The Balaban J connectivity index is 1.32. The molecule has 0 radical (unpaired) electrons. The van der Waals surface area contributed by atoms with Gasteiger partial charge in [-0.25, -0.2) is 0 Å². The molecular weight excluding hydrogens is 444 g/mol. The molecule has 1 heterocycles. The molecule has 1 aromatic heterocycles. The third-order valence-electron chi connectivity index (χ3n) is 4.76. The Morgan fingerprint density at radius 3 is 2.70 bits per heavy atom. The first-order chi connectivity index (χ1) is 14.5. The topological polar surface area (TPSA) is 75.9 Å². The molecule has 0 atom stereocenters. The number of hydrogen-bond donors (Lipinski definition) is 1. The molecule has 0 fully saturated rings. The molecule has 0 saturated carbocycles. The summed E-state index contributed by atoms with van der Waals surface area (Å²) in [5.74, 6) is 0.658. The molecule has 0 aliphatic carbocycles. The van der Waals surface area contributed by atoms with Gasteiger partial charge in [0.05, 0.1) is 13.1 Å². The molecule has 0 unspecified atom stereocenters. The smallest absolute Gasteiger partial charge is 0.238 e. The molecule has 0 aliphatic heterocycles. The van der Waals surface area contributed by atoms with Crippen molar-refractivity contribution in [3.05, 3.63) is 58.6 Å². The Kier molecular flexibility index (Phi) is 8.10. The highest BCUT2D eigenvalue weighted by Gasteiger charge is 2.09. The molecule has 8 heteroatoms. The Labute approximate surface area is 185 Å². The van der Waals surface area contributed by atoms with Gasteiger partial charge in [0.1, 0.15) is 0 Å². The van der Waals surface area contributed by atoms with Gasteiger partial charge in [-0.2, -0.15) is 4.80 Å². The number of benzene rings is 2. The molecule has 1 amide bonds. The summed E-state index contributed by atoms with van der Waals surface area (Å²) in [6.07, 6.45) is 3.03. The van der Waals surface area contributed by atoms with Crippen LogP contribution in [0.1, 0.15) is 24.8 Å². The van der Waals surface area contributed by atoms with Crippen molar-refractivity contribution < 1.29 is 4.79 Å². The molecule has 0 spiro atoms. The predicted molar refractivity (Wildman–Crippen MR) is 122 cm³/mol. The van der Waals surface area contributed by atoms with E-state index in [0.717, 1.165) is 53.6 Å². The summed E-state index contributed by atoms with van der Waals surface area (Å²) >= 11 is 3.44. The molecule has 158 valence electrons. The average molecular weight is 471 g/mol. The van der Waals surface area contributed by atoms with Crippen LogP contribution in [0.3, 0.4) is 0 Å². The van der Waals surface area contributed by atoms with E-state index in [2.05, 4.69) is 36.7 Å². The van der Waals surface area contributed by atoms with Gasteiger partial charge in [0, 0.05) is 15.7 Å². The van der Waals surface area contributed by atoms with E-state index >= 15 is 0 Å². The summed E-state index contributed by atoms with van der Waals surface area (Å²) in [4.78, 5) is 16.0. The van der Waals surface area contributed by atoms with Crippen LogP contribution in [-0.4, -0.2) is 51.2 Å². The molecule has 0 aliphatic rings. The molecule has 1 N–H and O–H groups in total. The van der Waals surface area contributed by atoms with Crippen LogP contribution >= 0.6 is 15.9 Å². The van der Waals surface area contributed by atoms with Gasteiger partial charge in [-0.15, -0.1) is 10.2 Å². The summed E-state index contributed by atoms with van der Waals surface area (Å²) in [5, 5.41) is 15.7. The van der Waals surface area contributed by atoms with Gasteiger partial charge < -0.3 is 5.32 Å². The summed E-state index contributed by atoms with van der Waals surface area (Å²) in [6.45, 7) is 3.97. The fourth-order valence-corrected chi connectivity index (χ4v) is 3.61. The lowest BCUT2D eigenvalue weighted by molar-refractivity contribution is -0.117. The summed E-state index contributed by atoms with van der Waals surface area (Å²) < 4.78 is 1.01. The molecule has 30 heavy (non-hydrogen) atoms. The zero-order chi connectivity index (χ0) is 21.3. The lowest BCUT2D eigenvalue weighted by Crippen LogP contribution is -2.31. The van der Waals surface area contributed by atoms with Gasteiger partial charge in [0.15, 0.2) is 0 Å². The standard InChI is InChI=1S/C22H27BrN6O/c1-17-15-19(23)11-12-20(17)24-21(30)16-28(2)13-7-4-8-14-29-26-22(25-27-29)18-9-5-3-6-10-18/h3,5-6,9-12,15H,4,7-8,13-14,16H2,1-2H3,(H,24,30). The molecular formula is C22H27BrN6O. The second-order valence-electron chi connectivity index (χ2n) is 7.38. The summed E-state index contributed by atoms with van der Waals surface area (Å²) in [7, 11) is 1.97. The van der Waals surface area contributed by atoms with E-state index < -0.39 is 0 Å². The van der Waals surface area contributed by atoms with E-state index in [0.29, 0.717) is 12.4 Å². The number of hydrogen-bond acceptors (Lipinski definition) is 5. The number of likely N-dealkylation sites (N-methyl/N-ethyl adjacent to an activating group) is 1. The molecule has 7 nitrogen and oxygen atoms in total. The van der Waals surface area contributed by atoms with Crippen molar-refractivity contribution in [1.29, 1.82) is 0 Å². The van der Waals surface area contributed by atoms with Gasteiger partial charge in [0.25, 0.3) is 0 Å². The predicted octanol–water partition coefficient (Wildman–Crippen LogP) is 4.15. The highest BCUT2D eigenvalue weighted by Crippen LogP contribution is 2.20. The number of anilines is 1. The van der Waals surface area contributed by atoms with Gasteiger partial charge in [-0.1, -0.05) is 52.7 Å². The third kappa shape index (κ3) is 6.74. The number of amides is 1. The second kappa shape index (κ2) is 11.0. The SMILES string of the molecule is Cc1cc(Br)ccc1NC(=O)CN(C)CCCCCn1nnc(-c2ccccc2)n1. The van der Waals surface area contributed by atoms with Gasteiger partial charge in [-0.05, 0) is 62.3 Å². The number of unbranched alkanes of at least 4 members (excludes halogenated alkanes) is 2. The highest BCUT2D eigenvalue weighted by molar-refractivity contribution is 9.10. The van der Waals surface area contributed by atoms with Crippen molar-refractivity contribution >= 4 is 27.5 Å². The average Bonchev–Trinajstić information content (AvgIpc) is 3.19. The largest absolute Gasteiger partial charge is 0.325 e. The maximum Gasteiger partial charge on any atom is 0.238 e. The zero-order valence-corrected chi connectivity index (χ0v) is 19.0. The van der Waals surface area contributed by atoms with Crippen LogP contribution in [0.2, 0.25) is 0 Å². The Bertz CT molecular complexity index is 959. The molecule has 3 rings (SSSR count). The van der Waals surface area contributed by atoms with E-state index in [1.54, 1.807) is 4.80 Å². The van der Waals surface area contributed by atoms with Crippen molar-refractivity contribution in [2.75, 3.05) is 25.5 Å². The van der Waals surface area contributed by atoms with Crippen molar-refractivity contribution in [2.45, 2.75) is 32.7 Å². The Morgan fingerprint density at radius 1 is 1.13 bits per heavy atom. The van der Waals surface area contributed by atoms with Crippen LogP contribution in [0.5, 0.6) is 0 Å². The number of aromatic nitrogens is 4. The van der Waals surface area contributed by atoms with Gasteiger partial charge in [-0.3, -0.25) is 9.69 Å². The number of tetrazole rings is 1. The Hall–Kier alpha value is -2.58. The molecule has 3 aromatic rings. The Morgan fingerprint density at radius 2 is 1.93 bits per heavy atom. The van der Waals surface area contributed by atoms with Crippen LogP contribution in [0.15, 0.2) is 53.0 Å². The van der Waals surface area contributed by atoms with Crippen LogP contribution in [0, 0.1) is 6.92 Å². The minimum absolute atomic E-state index is 0.00294. The van der Waals surface area contributed by atoms with Crippen LogP contribution < -0.4 is 5.32 Å². The first kappa shape index (κ1) is 22.1. The number of halogens is 1. The maximum atomic E-state index is 12.3. The van der Waals surface area contributed by atoms with E-state index in [1.165, 1.54) is 0 Å². The number of carbonyl (C=O) groups is 1. The third-order valence-corrected chi connectivity index (χ3v) is 5.25. The number of nitrogens with zero attached hydrogens (tertiary/aromatic N) is 5. The van der Waals surface area contributed by atoms with Gasteiger partial charge >= 0.3 is 0 Å². The summed E-state index contributed by atoms with van der Waals surface area (Å²) in [5.41, 5.74) is 2.87. The van der Waals surface area contributed by atoms with E-state index in [1.807, 2.05) is 67.4 Å². The van der Waals surface area contributed by atoms with Crippen molar-refractivity contribution in [3.63, 3.8) is 0 Å². The van der Waals surface area contributed by atoms with Crippen molar-refractivity contribution in [3.8, 4) is 11.4 Å². The van der Waals surface area contributed by atoms with Crippen LogP contribution in [0.25, 0.3) is 11.4 Å². The molecule has 0 bridgehead atoms.